The van der Waals surface area contributed by atoms with E-state index < -0.39 is 5.79 Å². The smallest absolute Gasteiger partial charge is 0.223 e. The molecule has 0 fully saturated rings. The van der Waals surface area contributed by atoms with Crippen LogP contribution >= 0.6 is 11.8 Å². The van der Waals surface area contributed by atoms with Crippen LogP contribution in [-0.4, -0.2) is 24.0 Å². The van der Waals surface area contributed by atoms with Crippen molar-refractivity contribution in [1.29, 1.82) is 0 Å². The number of hydrogen-bond acceptors (Lipinski definition) is 5. The average molecular weight is 288 g/mol. The van der Waals surface area contributed by atoms with Gasteiger partial charge in [-0.05, 0) is 38.3 Å². The highest BCUT2D eigenvalue weighted by atomic mass is 32.2. The van der Waals surface area contributed by atoms with Crippen LogP contribution in [0.4, 0.5) is 5.69 Å². The van der Waals surface area contributed by atoms with Crippen LogP contribution in [0.1, 0.15) is 20.8 Å². The molecule has 0 amide bonds. The van der Waals surface area contributed by atoms with Crippen molar-refractivity contribution in [3.63, 3.8) is 0 Å². The van der Waals surface area contributed by atoms with Crippen molar-refractivity contribution in [2.75, 3.05) is 11.3 Å². The van der Waals surface area contributed by atoms with E-state index in [4.69, 9.17) is 4.99 Å². The summed E-state index contributed by atoms with van der Waals surface area (Å²) in [5.74, 6) is -0.614. The van der Waals surface area contributed by atoms with Crippen LogP contribution < -0.4 is 10.3 Å². The number of aliphatic imine (C=N–C) groups is 1. The third-order valence-corrected chi connectivity index (χ3v) is 3.82. The Morgan fingerprint density at radius 2 is 2.15 bits per heavy atom. The van der Waals surface area contributed by atoms with E-state index in [-0.39, 0.29) is 0 Å². The molecule has 0 saturated carbocycles. The third kappa shape index (κ3) is 2.88. The summed E-state index contributed by atoms with van der Waals surface area (Å²) in [6, 6.07) is 8.21. The Hall–Kier alpha value is -1.75. The number of hydrogen-bond donors (Lipinski definition) is 1. The molecule has 1 atom stereocenters. The topological polar surface area (TPSA) is 40.0 Å². The molecule has 20 heavy (non-hydrogen) atoms. The van der Waals surface area contributed by atoms with Gasteiger partial charge in [-0.25, -0.2) is 10.0 Å². The Labute approximate surface area is 124 Å². The van der Waals surface area contributed by atoms with Crippen LogP contribution in [0.25, 0.3) is 0 Å². The summed E-state index contributed by atoms with van der Waals surface area (Å²) in [6.45, 7) is 5.92. The highest BCUT2D eigenvalue weighted by Gasteiger charge is 2.33. The molecule has 1 aliphatic rings. The van der Waals surface area contributed by atoms with Gasteiger partial charge in [0.15, 0.2) is 0 Å². The van der Waals surface area contributed by atoms with E-state index in [0.29, 0.717) is 0 Å². The maximum atomic E-state index is 4.71. The molecule has 0 aromatic heterocycles. The standard InChI is InChI=1S/C15H20N4S/c1-5-17-19(13-8-6-7-9-14(13)20-4)15(3)16-11-10-12(2)18-15/h5-11,16H,1-4H3/b17-5+. The first-order valence-electron chi connectivity index (χ1n) is 6.53. The van der Waals surface area contributed by atoms with E-state index in [1.165, 1.54) is 4.90 Å². The molecule has 0 saturated heterocycles. The lowest BCUT2D eigenvalue weighted by Gasteiger charge is -2.38. The fourth-order valence-electron chi connectivity index (χ4n) is 2.17. The molecule has 2 rings (SSSR count). The second kappa shape index (κ2) is 6.13. The van der Waals surface area contributed by atoms with Crippen molar-refractivity contribution in [3.05, 3.63) is 36.5 Å². The van der Waals surface area contributed by atoms with Crippen LogP contribution in [0, 0.1) is 0 Å². The zero-order chi connectivity index (χ0) is 14.6. The largest absolute Gasteiger partial charge is 0.349 e. The molecule has 1 N–H and O–H groups in total. The summed E-state index contributed by atoms with van der Waals surface area (Å²) >= 11 is 1.70. The third-order valence-electron chi connectivity index (χ3n) is 3.03. The molecular formula is C15H20N4S. The SMILES string of the molecule is C/C=N/N(c1ccccc1SC)C1(C)N=C(C)C=CN1. The maximum absolute atomic E-state index is 4.71. The molecule has 1 heterocycles. The molecule has 1 aromatic rings. The molecule has 0 aliphatic carbocycles. The fourth-order valence-corrected chi connectivity index (χ4v) is 2.75. The Bertz CT molecular complexity index is 565. The number of rotatable bonds is 4. The summed E-state index contributed by atoms with van der Waals surface area (Å²) in [7, 11) is 0. The zero-order valence-corrected chi connectivity index (χ0v) is 13.1. The van der Waals surface area contributed by atoms with Gasteiger partial charge >= 0.3 is 0 Å². The Morgan fingerprint density at radius 1 is 1.40 bits per heavy atom. The lowest BCUT2D eigenvalue weighted by molar-refractivity contribution is 0.395. The number of thioether (sulfide) groups is 1. The van der Waals surface area contributed by atoms with Crippen LogP contribution in [0.2, 0.25) is 0 Å². The fraction of sp³-hybridized carbons (Fsp3) is 0.333. The number of allylic oxidation sites excluding steroid dienone is 1. The van der Waals surface area contributed by atoms with Crippen LogP contribution in [0.5, 0.6) is 0 Å². The summed E-state index contributed by atoms with van der Waals surface area (Å²) < 4.78 is 0. The predicted molar refractivity (Wildman–Crippen MR) is 88.7 cm³/mol. The lowest BCUT2D eigenvalue weighted by Crippen LogP contribution is -2.53. The molecule has 4 nitrogen and oxygen atoms in total. The van der Waals surface area contributed by atoms with Gasteiger partial charge < -0.3 is 5.32 Å². The number of benzene rings is 1. The molecular weight excluding hydrogens is 268 g/mol. The van der Waals surface area contributed by atoms with Gasteiger partial charge in [0, 0.05) is 29.9 Å². The molecule has 0 bridgehead atoms. The number of hydrazone groups is 1. The highest BCUT2D eigenvalue weighted by Crippen LogP contribution is 2.33. The lowest BCUT2D eigenvalue weighted by atomic mass is 10.2. The first kappa shape index (κ1) is 14.7. The van der Waals surface area contributed by atoms with Gasteiger partial charge in [0.1, 0.15) is 0 Å². The van der Waals surface area contributed by atoms with Gasteiger partial charge in [0.25, 0.3) is 0 Å². The van der Waals surface area contributed by atoms with Gasteiger partial charge in [0.2, 0.25) is 5.79 Å². The summed E-state index contributed by atoms with van der Waals surface area (Å²) in [4.78, 5) is 5.88. The molecule has 1 aromatic carbocycles. The van der Waals surface area contributed by atoms with Crippen molar-refractivity contribution in [2.24, 2.45) is 10.1 Å². The van der Waals surface area contributed by atoms with Crippen molar-refractivity contribution >= 4 is 29.4 Å². The van der Waals surface area contributed by atoms with Gasteiger partial charge in [-0.2, -0.15) is 5.10 Å². The summed E-state index contributed by atoms with van der Waals surface area (Å²) in [5.41, 5.74) is 2.02. The predicted octanol–water partition coefficient (Wildman–Crippen LogP) is 3.47. The number of nitrogens with zero attached hydrogens (tertiary/aromatic N) is 3. The van der Waals surface area contributed by atoms with E-state index in [0.717, 1.165) is 11.4 Å². The van der Waals surface area contributed by atoms with Crippen molar-refractivity contribution in [3.8, 4) is 0 Å². The Morgan fingerprint density at radius 3 is 2.80 bits per heavy atom. The van der Waals surface area contributed by atoms with Crippen LogP contribution in [0.15, 0.2) is 51.5 Å². The highest BCUT2D eigenvalue weighted by molar-refractivity contribution is 7.98. The van der Waals surface area contributed by atoms with Crippen LogP contribution in [-0.2, 0) is 0 Å². The van der Waals surface area contributed by atoms with Crippen molar-refractivity contribution in [2.45, 2.75) is 31.5 Å². The minimum Gasteiger partial charge on any atom is -0.349 e. The molecule has 0 radical (unpaired) electrons. The Balaban J connectivity index is 2.49. The number of para-hydroxylation sites is 1. The zero-order valence-electron chi connectivity index (χ0n) is 12.3. The van der Waals surface area contributed by atoms with Gasteiger partial charge in [0.05, 0.1) is 5.69 Å². The average Bonchev–Trinajstić information content (AvgIpc) is 2.44. The van der Waals surface area contributed by atoms with E-state index in [1.807, 2.05) is 50.2 Å². The van der Waals surface area contributed by atoms with E-state index in [1.54, 1.807) is 18.0 Å². The Kier molecular flexibility index (Phi) is 4.49. The number of nitrogens with one attached hydrogen (secondary N) is 1. The van der Waals surface area contributed by atoms with Gasteiger partial charge in [-0.3, -0.25) is 0 Å². The van der Waals surface area contributed by atoms with Crippen molar-refractivity contribution < 1.29 is 0 Å². The maximum Gasteiger partial charge on any atom is 0.223 e. The van der Waals surface area contributed by atoms with E-state index in [9.17, 15) is 0 Å². The molecule has 1 unspecified atom stereocenters. The molecule has 1 aliphatic heterocycles. The molecule has 0 spiro atoms. The monoisotopic (exact) mass is 288 g/mol. The first-order valence-corrected chi connectivity index (χ1v) is 7.76. The van der Waals surface area contributed by atoms with E-state index >= 15 is 0 Å². The van der Waals surface area contributed by atoms with Gasteiger partial charge in [-0.15, -0.1) is 11.8 Å². The normalized spacial score (nSPS) is 21.7. The van der Waals surface area contributed by atoms with Crippen LogP contribution in [0.3, 0.4) is 0 Å². The van der Waals surface area contributed by atoms with Crippen molar-refractivity contribution in [1.82, 2.24) is 5.32 Å². The quantitative estimate of drug-likeness (QED) is 0.524. The minimum absolute atomic E-state index is 0.614. The van der Waals surface area contributed by atoms with E-state index in [2.05, 4.69) is 28.8 Å². The minimum atomic E-state index is -0.614. The summed E-state index contributed by atoms with van der Waals surface area (Å²) in [6.07, 6.45) is 7.73. The number of anilines is 1. The molecule has 106 valence electrons. The molecule has 5 heteroatoms. The second-order valence-corrected chi connectivity index (χ2v) is 5.46. The van der Waals surface area contributed by atoms with Gasteiger partial charge in [-0.1, -0.05) is 12.1 Å². The summed E-state index contributed by atoms with van der Waals surface area (Å²) in [5, 5.41) is 9.74. The second-order valence-electron chi connectivity index (χ2n) is 4.61. The first-order chi connectivity index (χ1) is 9.60.